The fourth-order valence-corrected chi connectivity index (χ4v) is 3.04. The molecule has 0 saturated carbocycles. The molecule has 2 aromatic rings. The van der Waals surface area contributed by atoms with E-state index in [1.165, 1.54) is 11.3 Å². The standard InChI is InChI=1S/C16H21N5/c1-11-9-17-10-18-15(11)14-4-6-21(7-5-14)16-19-12(2)8-13(3)20-16/h8-10,14H,4-7H2,1-3H3. The van der Waals surface area contributed by atoms with Crippen molar-refractivity contribution in [1.29, 1.82) is 0 Å². The van der Waals surface area contributed by atoms with Gasteiger partial charge in [-0.2, -0.15) is 0 Å². The zero-order chi connectivity index (χ0) is 14.8. The van der Waals surface area contributed by atoms with Crippen LogP contribution < -0.4 is 4.90 Å². The molecule has 21 heavy (non-hydrogen) atoms. The maximum absolute atomic E-state index is 4.56. The number of hydrogen-bond donors (Lipinski definition) is 0. The molecule has 1 aliphatic rings. The maximum atomic E-state index is 4.56. The van der Waals surface area contributed by atoms with E-state index in [0.717, 1.165) is 43.3 Å². The van der Waals surface area contributed by atoms with Gasteiger partial charge in [0.25, 0.3) is 0 Å². The van der Waals surface area contributed by atoms with Crippen LogP contribution in [0.15, 0.2) is 18.6 Å². The molecule has 1 aliphatic heterocycles. The largest absolute Gasteiger partial charge is 0.341 e. The molecule has 0 spiro atoms. The zero-order valence-electron chi connectivity index (χ0n) is 12.9. The van der Waals surface area contributed by atoms with Gasteiger partial charge in [0, 0.05) is 42.3 Å². The summed E-state index contributed by atoms with van der Waals surface area (Å²) >= 11 is 0. The summed E-state index contributed by atoms with van der Waals surface area (Å²) in [5.74, 6) is 1.39. The van der Waals surface area contributed by atoms with Crippen molar-refractivity contribution in [3.8, 4) is 0 Å². The maximum Gasteiger partial charge on any atom is 0.225 e. The van der Waals surface area contributed by atoms with Gasteiger partial charge in [0.05, 0.1) is 0 Å². The van der Waals surface area contributed by atoms with Crippen LogP contribution in [0, 0.1) is 20.8 Å². The lowest BCUT2D eigenvalue weighted by Crippen LogP contribution is -2.34. The monoisotopic (exact) mass is 283 g/mol. The van der Waals surface area contributed by atoms with Gasteiger partial charge in [0.2, 0.25) is 5.95 Å². The van der Waals surface area contributed by atoms with Crippen molar-refractivity contribution >= 4 is 5.95 Å². The fraction of sp³-hybridized carbons (Fsp3) is 0.500. The van der Waals surface area contributed by atoms with Crippen molar-refractivity contribution in [3.05, 3.63) is 41.2 Å². The fourth-order valence-electron chi connectivity index (χ4n) is 3.04. The minimum atomic E-state index is 0.523. The molecule has 0 aliphatic carbocycles. The summed E-state index contributed by atoms with van der Waals surface area (Å²) in [5.41, 5.74) is 4.46. The summed E-state index contributed by atoms with van der Waals surface area (Å²) in [6.45, 7) is 8.10. The highest BCUT2D eigenvalue weighted by Gasteiger charge is 2.24. The van der Waals surface area contributed by atoms with Crippen molar-refractivity contribution in [2.24, 2.45) is 0 Å². The molecular weight excluding hydrogens is 262 g/mol. The third-order valence-electron chi connectivity index (χ3n) is 4.07. The Labute approximate surface area is 125 Å². The first-order chi connectivity index (χ1) is 10.1. The van der Waals surface area contributed by atoms with E-state index in [2.05, 4.69) is 31.8 Å². The predicted molar refractivity (Wildman–Crippen MR) is 82.5 cm³/mol. The lowest BCUT2D eigenvalue weighted by molar-refractivity contribution is 0.487. The SMILES string of the molecule is Cc1cc(C)nc(N2CCC(c3ncncc3C)CC2)n1. The Morgan fingerprint density at radius 2 is 1.71 bits per heavy atom. The molecule has 2 aromatic heterocycles. The number of rotatable bonds is 2. The molecule has 1 fully saturated rings. The van der Waals surface area contributed by atoms with E-state index in [1.54, 1.807) is 6.33 Å². The summed E-state index contributed by atoms with van der Waals surface area (Å²) in [6.07, 6.45) is 5.74. The van der Waals surface area contributed by atoms with Crippen LogP contribution in [-0.2, 0) is 0 Å². The third-order valence-corrected chi connectivity index (χ3v) is 4.07. The smallest absolute Gasteiger partial charge is 0.225 e. The molecule has 0 unspecified atom stereocenters. The van der Waals surface area contributed by atoms with Crippen molar-refractivity contribution in [2.75, 3.05) is 18.0 Å². The first kappa shape index (κ1) is 13.9. The highest BCUT2D eigenvalue weighted by atomic mass is 15.3. The molecule has 110 valence electrons. The van der Waals surface area contributed by atoms with Gasteiger partial charge >= 0.3 is 0 Å². The molecule has 5 nitrogen and oxygen atoms in total. The van der Waals surface area contributed by atoms with Crippen molar-refractivity contribution in [1.82, 2.24) is 19.9 Å². The quantitative estimate of drug-likeness (QED) is 0.848. The van der Waals surface area contributed by atoms with Crippen LogP contribution in [0.25, 0.3) is 0 Å². The highest BCUT2D eigenvalue weighted by Crippen LogP contribution is 2.29. The van der Waals surface area contributed by atoms with Gasteiger partial charge in [0.15, 0.2) is 0 Å². The second-order valence-corrected chi connectivity index (χ2v) is 5.80. The van der Waals surface area contributed by atoms with Gasteiger partial charge in [-0.25, -0.2) is 19.9 Å². The van der Waals surface area contributed by atoms with E-state index in [-0.39, 0.29) is 0 Å². The number of piperidine rings is 1. The summed E-state index contributed by atoms with van der Waals surface area (Å²) in [5, 5.41) is 0. The first-order valence-corrected chi connectivity index (χ1v) is 7.47. The minimum absolute atomic E-state index is 0.523. The van der Waals surface area contributed by atoms with E-state index >= 15 is 0 Å². The van der Waals surface area contributed by atoms with Gasteiger partial charge in [-0.3, -0.25) is 0 Å². The molecule has 0 radical (unpaired) electrons. The second-order valence-electron chi connectivity index (χ2n) is 5.80. The molecule has 3 rings (SSSR count). The Bertz CT molecular complexity index is 612. The van der Waals surface area contributed by atoms with E-state index in [1.807, 2.05) is 26.1 Å². The van der Waals surface area contributed by atoms with E-state index < -0.39 is 0 Å². The van der Waals surface area contributed by atoms with Crippen LogP contribution in [0.5, 0.6) is 0 Å². The first-order valence-electron chi connectivity index (χ1n) is 7.47. The lowest BCUT2D eigenvalue weighted by Gasteiger charge is -2.32. The van der Waals surface area contributed by atoms with Gasteiger partial charge in [-0.05, 0) is 45.2 Å². The van der Waals surface area contributed by atoms with Crippen LogP contribution in [0.3, 0.4) is 0 Å². The number of anilines is 1. The van der Waals surface area contributed by atoms with Crippen LogP contribution in [0.1, 0.15) is 41.4 Å². The highest BCUT2D eigenvalue weighted by molar-refractivity contribution is 5.34. The number of aromatic nitrogens is 4. The van der Waals surface area contributed by atoms with Crippen LogP contribution in [0.4, 0.5) is 5.95 Å². The Balaban J connectivity index is 1.72. The van der Waals surface area contributed by atoms with Crippen molar-refractivity contribution < 1.29 is 0 Å². The van der Waals surface area contributed by atoms with Crippen LogP contribution in [-0.4, -0.2) is 33.0 Å². The Morgan fingerprint density at radius 1 is 1.05 bits per heavy atom. The molecule has 0 bridgehead atoms. The molecule has 1 saturated heterocycles. The minimum Gasteiger partial charge on any atom is -0.341 e. The molecule has 0 atom stereocenters. The van der Waals surface area contributed by atoms with E-state index in [0.29, 0.717) is 5.92 Å². The lowest BCUT2D eigenvalue weighted by atomic mass is 9.91. The summed E-state index contributed by atoms with van der Waals surface area (Å²) in [4.78, 5) is 20.0. The molecular formula is C16H21N5. The Kier molecular flexibility index (Phi) is 3.82. The summed E-state index contributed by atoms with van der Waals surface area (Å²) < 4.78 is 0. The number of hydrogen-bond acceptors (Lipinski definition) is 5. The number of aryl methyl sites for hydroxylation is 3. The predicted octanol–water partition coefficient (Wildman–Crippen LogP) is 2.58. The molecule has 5 heteroatoms. The Hall–Kier alpha value is -2.04. The zero-order valence-corrected chi connectivity index (χ0v) is 12.9. The van der Waals surface area contributed by atoms with Crippen LogP contribution >= 0.6 is 0 Å². The molecule has 0 N–H and O–H groups in total. The van der Waals surface area contributed by atoms with Gasteiger partial charge in [-0.1, -0.05) is 0 Å². The Morgan fingerprint density at radius 3 is 2.33 bits per heavy atom. The van der Waals surface area contributed by atoms with Gasteiger partial charge in [0.1, 0.15) is 6.33 Å². The van der Waals surface area contributed by atoms with Crippen molar-refractivity contribution in [3.63, 3.8) is 0 Å². The summed E-state index contributed by atoms with van der Waals surface area (Å²) in [6, 6.07) is 2.01. The second kappa shape index (κ2) is 5.76. The third kappa shape index (κ3) is 3.01. The topological polar surface area (TPSA) is 54.8 Å². The van der Waals surface area contributed by atoms with Gasteiger partial charge in [-0.15, -0.1) is 0 Å². The average Bonchev–Trinajstić information content (AvgIpc) is 2.47. The van der Waals surface area contributed by atoms with E-state index in [4.69, 9.17) is 0 Å². The molecule has 0 amide bonds. The van der Waals surface area contributed by atoms with E-state index in [9.17, 15) is 0 Å². The average molecular weight is 283 g/mol. The summed E-state index contributed by atoms with van der Waals surface area (Å²) in [7, 11) is 0. The normalized spacial score (nSPS) is 16.2. The van der Waals surface area contributed by atoms with Crippen LogP contribution in [0.2, 0.25) is 0 Å². The number of nitrogens with zero attached hydrogens (tertiary/aromatic N) is 5. The van der Waals surface area contributed by atoms with Crippen molar-refractivity contribution in [2.45, 2.75) is 39.5 Å². The van der Waals surface area contributed by atoms with Gasteiger partial charge < -0.3 is 4.90 Å². The molecule has 3 heterocycles. The molecule has 0 aromatic carbocycles.